The SMILES string of the molecule is Nc1ncnc2c1ncn2[C@@H]1O[C@H](P(=O)(O)O[C@@H]2[C@H](O)[C@@H](CO)O[C@H]2n2cnc3c(N)ncnc32)[C@@H](O)[C@H]1O. The van der Waals surface area contributed by atoms with Gasteiger partial charge in [0.1, 0.15) is 54.2 Å². The van der Waals surface area contributed by atoms with E-state index in [9.17, 15) is 29.9 Å². The van der Waals surface area contributed by atoms with Gasteiger partial charge >= 0.3 is 7.60 Å². The number of hydrogen-bond acceptors (Lipinski definition) is 16. The minimum Gasteiger partial charge on any atom is -0.394 e. The van der Waals surface area contributed by atoms with Gasteiger partial charge in [-0.1, -0.05) is 0 Å². The van der Waals surface area contributed by atoms with Crippen LogP contribution in [0.25, 0.3) is 22.3 Å². The summed E-state index contributed by atoms with van der Waals surface area (Å²) in [5.74, 6) is -1.85. The van der Waals surface area contributed by atoms with E-state index in [1.54, 1.807) is 0 Å². The average molecular weight is 566 g/mol. The molecular formula is C19H23N10O9P. The predicted molar refractivity (Wildman–Crippen MR) is 127 cm³/mol. The van der Waals surface area contributed by atoms with E-state index in [4.69, 9.17) is 25.5 Å². The van der Waals surface area contributed by atoms with Crippen LogP contribution in [0.3, 0.4) is 0 Å². The number of nitrogens with zero attached hydrogens (tertiary/aromatic N) is 8. The molecule has 6 rings (SSSR count). The van der Waals surface area contributed by atoms with Gasteiger partial charge in [0.2, 0.25) is 0 Å². The van der Waals surface area contributed by atoms with Crippen LogP contribution in [0.5, 0.6) is 0 Å². The molecule has 20 heteroatoms. The second-order valence-electron chi connectivity index (χ2n) is 8.94. The quantitative estimate of drug-likeness (QED) is 0.116. The molecule has 2 fully saturated rings. The fraction of sp³-hybridized carbons (Fsp3) is 0.474. The van der Waals surface area contributed by atoms with Crippen molar-refractivity contribution in [2.75, 3.05) is 18.1 Å². The third kappa shape index (κ3) is 4.03. The third-order valence-corrected chi connectivity index (χ3v) is 8.24. The zero-order chi connectivity index (χ0) is 27.6. The van der Waals surface area contributed by atoms with E-state index in [-0.39, 0.29) is 34.0 Å². The fourth-order valence-electron chi connectivity index (χ4n) is 4.69. The van der Waals surface area contributed by atoms with Crippen LogP contribution in [0, 0.1) is 0 Å². The molecule has 0 spiro atoms. The Morgan fingerprint density at radius 1 is 0.846 bits per heavy atom. The molecule has 9 atom stereocenters. The molecule has 9 N–H and O–H groups in total. The lowest BCUT2D eigenvalue weighted by Crippen LogP contribution is -2.37. The van der Waals surface area contributed by atoms with Gasteiger partial charge in [0.15, 0.2) is 41.2 Å². The number of aliphatic hydroxyl groups is 4. The summed E-state index contributed by atoms with van der Waals surface area (Å²) < 4.78 is 32.8. The van der Waals surface area contributed by atoms with Crippen LogP contribution in [0.4, 0.5) is 11.6 Å². The van der Waals surface area contributed by atoms with E-state index in [1.807, 2.05) is 0 Å². The Kier molecular flexibility index (Phi) is 6.21. The van der Waals surface area contributed by atoms with Crippen LogP contribution < -0.4 is 11.5 Å². The van der Waals surface area contributed by atoms with Gasteiger partial charge in [-0.3, -0.25) is 18.2 Å². The molecule has 39 heavy (non-hydrogen) atoms. The lowest BCUT2D eigenvalue weighted by Gasteiger charge is -2.27. The Morgan fingerprint density at radius 2 is 1.41 bits per heavy atom. The van der Waals surface area contributed by atoms with E-state index >= 15 is 0 Å². The number of aliphatic hydroxyl groups excluding tert-OH is 4. The first-order valence-electron chi connectivity index (χ1n) is 11.4. The average Bonchev–Trinajstić information content (AvgIpc) is 3.66. The zero-order valence-electron chi connectivity index (χ0n) is 19.7. The second-order valence-corrected chi connectivity index (χ2v) is 10.8. The highest BCUT2D eigenvalue weighted by Gasteiger charge is 2.57. The molecule has 0 radical (unpaired) electrons. The van der Waals surface area contributed by atoms with Crippen LogP contribution in [0.15, 0.2) is 25.3 Å². The van der Waals surface area contributed by atoms with E-state index in [2.05, 4.69) is 29.9 Å². The summed E-state index contributed by atoms with van der Waals surface area (Å²) in [6, 6.07) is 0. The van der Waals surface area contributed by atoms with E-state index in [0.717, 1.165) is 6.33 Å². The predicted octanol–water partition coefficient (Wildman–Crippen LogP) is -2.77. The highest BCUT2D eigenvalue weighted by Crippen LogP contribution is 2.57. The van der Waals surface area contributed by atoms with Crippen molar-refractivity contribution in [2.45, 2.75) is 48.8 Å². The lowest BCUT2D eigenvalue weighted by molar-refractivity contribution is -0.0522. The van der Waals surface area contributed by atoms with Crippen molar-refractivity contribution in [3.05, 3.63) is 25.3 Å². The second kappa shape index (κ2) is 9.37. The molecule has 0 saturated carbocycles. The number of hydrogen-bond donors (Lipinski definition) is 7. The molecule has 2 saturated heterocycles. The Morgan fingerprint density at radius 3 is 1.97 bits per heavy atom. The largest absolute Gasteiger partial charge is 0.394 e. The molecule has 4 aromatic rings. The third-order valence-electron chi connectivity index (χ3n) is 6.62. The Labute approximate surface area is 217 Å². The highest BCUT2D eigenvalue weighted by molar-refractivity contribution is 7.53. The Balaban J connectivity index is 1.30. The number of rotatable bonds is 6. The minimum absolute atomic E-state index is 0.0539. The molecule has 0 amide bonds. The van der Waals surface area contributed by atoms with Gasteiger partial charge in [0.25, 0.3) is 0 Å². The monoisotopic (exact) mass is 566 g/mol. The maximum absolute atomic E-state index is 13.5. The van der Waals surface area contributed by atoms with Crippen LogP contribution in [0.1, 0.15) is 12.5 Å². The normalized spacial score (nSPS) is 32.7. The number of fused-ring (bicyclic) bond motifs is 2. The van der Waals surface area contributed by atoms with Crippen molar-refractivity contribution in [3.8, 4) is 0 Å². The smallest absolute Gasteiger partial charge is 0.360 e. The maximum Gasteiger partial charge on any atom is 0.360 e. The van der Waals surface area contributed by atoms with Crippen molar-refractivity contribution in [1.82, 2.24) is 39.0 Å². The van der Waals surface area contributed by atoms with Crippen molar-refractivity contribution in [1.29, 1.82) is 0 Å². The Bertz CT molecular complexity index is 1580. The first-order chi connectivity index (χ1) is 18.6. The van der Waals surface area contributed by atoms with Crippen LogP contribution in [0.2, 0.25) is 0 Å². The van der Waals surface area contributed by atoms with Gasteiger partial charge in [-0.15, -0.1) is 0 Å². The fourth-order valence-corrected chi connectivity index (χ4v) is 6.23. The molecule has 6 heterocycles. The van der Waals surface area contributed by atoms with Gasteiger partial charge in [-0.05, 0) is 0 Å². The van der Waals surface area contributed by atoms with E-state index in [0.29, 0.717) is 0 Å². The van der Waals surface area contributed by atoms with Crippen molar-refractivity contribution >= 4 is 41.6 Å². The van der Waals surface area contributed by atoms with Crippen molar-refractivity contribution in [3.63, 3.8) is 0 Å². The molecule has 1 unspecified atom stereocenters. The van der Waals surface area contributed by atoms with Gasteiger partial charge in [-0.25, -0.2) is 29.9 Å². The molecule has 4 aromatic heterocycles. The number of ether oxygens (including phenoxy) is 2. The van der Waals surface area contributed by atoms with Gasteiger partial charge in [-0.2, -0.15) is 0 Å². The summed E-state index contributed by atoms with van der Waals surface area (Å²) in [7, 11) is -5.01. The summed E-state index contributed by atoms with van der Waals surface area (Å²) in [6.45, 7) is -0.654. The van der Waals surface area contributed by atoms with E-state index < -0.39 is 63.0 Å². The van der Waals surface area contributed by atoms with E-state index in [1.165, 1.54) is 28.1 Å². The summed E-state index contributed by atoms with van der Waals surface area (Å²) in [5.41, 5.74) is 12.3. The first-order valence-corrected chi connectivity index (χ1v) is 13.1. The standard InChI is InChI=1S/C19H23N10O9P/c20-13-7-15(24-2-22-13)28(4-26-7)17-10(32)11(33)19(37-17)39(34,35)38-12-9(31)6(1-30)36-18(12)29-5-27-8-14(21)23-3-25-16(8)29/h2-6,9-12,17-19,30-33H,1H2,(H,34,35)(H2,20,22,24)(H2,21,23,25)/t6-,9-,10-,11+,12-,17-,18-,19-/m1/s1. The molecule has 19 nitrogen and oxygen atoms in total. The Hall–Kier alpha value is -3.39. The highest BCUT2D eigenvalue weighted by atomic mass is 31.2. The topological polar surface area (TPSA) is 285 Å². The lowest BCUT2D eigenvalue weighted by atomic mass is 10.1. The summed E-state index contributed by atoms with van der Waals surface area (Å²) in [5, 5.41) is 41.9. The van der Waals surface area contributed by atoms with Crippen LogP contribution >= 0.6 is 7.60 Å². The number of nitrogen functional groups attached to an aromatic ring is 2. The minimum atomic E-state index is -5.01. The number of aromatic nitrogens is 8. The van der Waals surface area contributed by atoms with Gasteiger partial charge in [0.05, 0.1) is 19.3 Å². The van der Waals surface area contributed by atoms with Crippen molar-refractivity contribution < 1.29 is 43.9 Å². The zero-order valence-corrected chi connectivity index (χ0v) is 20.6. The summed E-state index contributed by atoms with van der Waals surface area (Å²) >= 11 is 0. The molecule has 0 aromatic carbocycles. The first kappa shape index (κ1) is 25.9. The molecule has 0 aliphatic carbocycles. The number of imidazole rings is 2. The number of nitrogens with two attached hydrogens (primary N) is 2. The number of anilines is 2. The van der Waals surface area contributed by atoms with Crippen LogP contribution in [-0.4, -0.2) is 107 Å². The summed E-state index contributed by atoms with van der Waals surface area (Å²) in [6.07, 6.45) is -5.94. The summed E-state index contributed by atoms with van der Waals surface area (Å²) in [4.78, 5) is 34.9. The van der Waals surface area contributed by atoms with Gasteiger partial charge in [0, 0.05) is 0 Å². The molecule has 0 bridgehead atoms. The molecule has 2 aliphatic rings. The molecule has 208 valence electrons. The van der Waals surface area contributed by atoms with Crippen LogP contribution in [-0.2, 0) is 18.6 Å². The molecular weight excluding hydrogens is 543 g/mol. The molecule has 2 aliphatic heterocycles. The van der Waals surface area contributed by atoms with Gasteiger partial charge < -0.3 is 46.3 Å². The maximum atomic E-state index is 13.5. The van der Waals surface area contributed by atoms with Crippen molar-refractivity contribution in [2.24, 2.45) is 0 Å².